The number of halogens is 4. The van der Waals surface area contributed by atoms with Crippen LogP contribution in [0.5, 0.6) is 0 Å². The summed E-state index contributed by atoms with van der Waals surface area (Å²) in [5.74, 6) is -0.383. The molecular weight excluding hydrogens is 857 g/mol. The summed E-state index contributed by atoms with van der Waals surface area (Å²) in [6, 6.07) is 29.5. The van der Waals surface area contributed by atoms with Crippen LogP contribution in [-0.4, -0.2) is 94.9 Å². The molecule has 7 aromatic rings. The molecule has 2 saturated heterocycles. The van der Waals surface area contributed by atoms with Crippen LogP contribution in [0.3, 0.4) is 0 Å². The van der Waals surface area contributed by atoms with Crippen LogP contribution in [0.2, 0.25) is 0 Å². The Kier molecular flexibility index (Phi) is 16.2. The molecule has 0 bridgehead atoms. The molecule has 4 N–H and O–H groups in total. The first-order valence-electron chi connectivity index (χ1n) is 21.0. The van der Waals surface area contributed by atoms with Crippen molar-refractivity contribution in [3.8, 4) is 0 Å². The monoisotopic (exact) mass is 902 g/mol. The first-order chi connectivity index (χ1) is 32.3. The molecule has 20 heteroatoms. The lowest BCUT2D eigenvalue weighted by Gasteiger charge is -2.27. The van der Waals surface area contributed by atoms with Crippen molar-refractivity contribution < 1.29 is 27.0 Å². The fourth-order valence-electron chi connectivity index (χ4n) is 6.32. The summed E-state index contributed by atoms with van der Waals surface area (Å²) in [7, 11) is 0. The summed E-state index contributed by atoms with van der Waals surface area (Å²) in [6.45, 7) is 8.80. The predicted molar refractivity (Wildman–Crippen MR) is 249 cm³/mol. The molecule has 2 aliphatic heterocycles. The van der Waals surface area contributed by atoms with Crippen molar-refractivity contribution in [2.75, 3.05) is 83.9 Å². The first-order valence-corrected chi connectivity index (χ1v) is 21.0. The van der Waals surface area contributed by atoms with Crippen LogP contribution in [0.4, 0.5) is 64.6 Å². The quantitative estimate of drug-likeness (QED) is 0.0522. The third-order valence-electron chi connectivity index (χ3n) is 9.55. The average Bonchev–Trinajstić information content (AvgIpc) is 3.35. The summed E-state index contributed by atoms with van der Waals surface area (Å²) in [6.07, 6.45) is 2.73. The second kappa shape index (κ2) is 23.2. The molecule has 5 aromatic carbocycles. The van der Waals surface area contributed by atoms with Crippen LogP contribution < -0.4 is 31.3 Å². The van der Waals surface area contributed by atoms with Crippen molar-refractivity contribution in [3.05, 3.63) is 144 Å². The van der Waals surface area contributed by atoms with E-state index in [0.29, 0.717) is 87.8 Å². The Morgan fingerprint density at radius 1 is 0.500 bits per heavy atom. The maximum atomic E-state index is 13.8. The predicted octanol–water partition coefficient (Wildman–Crippen LogP) is 8.53. The van der Waals surface area contributed by atoms with Gasteiger partial charge in [0.2, 0.25) is 35.7 Å². The molecule has 2 fully saturated rings. The number of benzene rings is 5. The lowest BCUT2D eigenvalue weighted by atomic mass is 10.1. The smallest absolute Gasteiger partial charge is 0.250 e. The molecule has 0 radical (unpaired) electrons. The maximum Gasteiger partial charge on any atom is 0.250 e. The Balaban J connectivity index is 0.000000190. The van der Waals surface area contributed by atoms with Crippen LogP contribution in [0.1, 0.15) is 25.0 Å². The van der Waals surface area contributed by atoms with E-state index in [1.807, 2.05) is 41.8 Å². The fourth-order valence-corrected chi connectivity index (χ4v) is 6.32. The lowest BCUT2D eigenvalue weighted by Crippen LogP contribution is -2.37. The van der Waals surface area contributed by atoms with E-state index in [9.17, 15) is 17.6 Å². The fraction of sp³-hybridized carbons (Fsp3) is 0.217. The number of hydrogen-bond donors (Lipinski definition) is 4. The average molecular weight is 903 g/mol. The van der Waals surface area contributed by atoms with Gasteiger partial charge in [0.05, 0.1) is 44.4 Å². The molecular formula is C46H46F4N14O2. The van der Waals surface area contributed by atoms with Gasteiger partial charge in [-0.25, -0.2) is 28.4 Å². The molecule has 0 atom stereocenters. The number of anilines is 8. The number of hydrogen-bond acceptors (Lipinski definition) is 16. The Bertz CT molecular complexity index is 2700. The van der Waals surface area contributed by atoms with Crippen molar-refractivity contribution >= 4 is 70.3 Å². The van der Waals surface area contributed by atoms with E-state index in [2.05, 4.69) is 85.9 Å². The maximum absolute atomic E-state index is 13.8. The molecule has 0 amide bonds. The Hall–Kier alpha value is -7.84. The second-order valence-corrected chi connectivity index (χ2v) is 14.0. The van der Waals surface area contributed by atoms with Gasteiger partial charge in [-0.15, -0.1) is 0 Å². The summed E-state index contributed by atoms with van der Waals surface area (Å²) in [5.41, 5.74) is 7.39. The number of morpholine rings is 2. The summed E-state index contributed by atoms with van der Waals surface area (Å²) in [4.78, 5) is 30.3. The minimum absolute atomic E-state index is 0.0640. The van der Waals surface area contributed by atoms with E-state index in [0.717, 1.165) is 29.3 Å². The molecule has 0 saturated carbocycles. The SMILES string of the molecule is CC.Fc1ccc(Nc2nc(N/N=C/c3c(F)cccc3F)nc(N3CCOCC3)n2)cc1.Fc1ccc(Nc2nc(N/N=C/c3ccc4ccccc4c3)nc(N3CCOCC3)n2)cc1. The highest BCUT2D eigenvalue weighted by Crippen LogP contribution is 2.22. The summed E-state index contributed by atoms with van der Waals surface area (Å²) >= 11 is 0. The number of fused-ring (bicyclic) bond motifs is 1. The zero-order chi connectivity index (χ0) is 46.1. The van der Waals surface area contributed by atoms with Crippen LogP contribution in [0, 0.1) is 23.3 Å². The molecule has 4 heterocycles. The summed E-state index contributed by atoms with van der Waals surface area (Å²) in [5, 5.41) is 16.6. The lowest BCUT2D eigenvalue weighted by molar-refractivity contribution is 0.122. The van der Waals surface area contributed by atoms with Gasteiger partial charge in [0, 0.05) is 37.6 Å². The van der Waals surface area contributed by atoms with Crippen molar-refractivity contribution in [1.82, 2.24) is 29.9 Å². The molecule has 16 nitrogen and oxygen atoms in total. The van der Waals surface area contributed by atoms with Gasteiger partial charge in [0.1, 0.15) is 23.3 Å². The van der Waals surface area contributed by atoms with Crippen LogP contribution >= 0.6 is 0 Å². The molecule has 2 aliphatic rings. The Morgan fingerprint density at radius 2 is 0.955 bits per heavy atom. The van der Waals surface area contributed by atoms with Gasteiger partial charge in [0.15, 0.2) is 0 Å². The third kappa shape index (κ3) is 13.1. The molecule has 2 aromatic heterocycles. The third-order valence-corrected chi connectivity index (χ3v) is 9.55. The number of nitrogens with one attached hydrogen (secondary N) is 4. The largest absolute Gasteiger partial charge is 0.378 e. The Morgan fingerprint density at radius 3 is 1.45 bits per heavy atom. The van der Waals surface area contributed by atoms with Crippen molar-refractivity contribution in [3.63, 3.8) is 0 Å². The molecule has 340 valence electrons. The van der Waals surface area contributed by atoms with E-state index in [4.69, 9.17) is 9.47 Å². The minimum atomic E-state index is -0.742. The number of ether oxygens (including phenoxy) is 2. The van der Waals surface area contributed by atoms with E-state index in [1.54, 1.807) is 30.5 Å². The standard InChI is InChI=1S/C24H22FN7O.C20H18F3N7O.C2H6/c25-20-7-9-21(10-8-20)27-22-28-23(30-24(29-22)32-11-13-33-14-12-32)31-26-16-17-5-6-18-3-1-2-4-19(18)15-17;21-13-4-6-14(7-5-13)25-18-26-19(28-20(27-18)30-8-10-31-11-9-30)29-24-12-15-16(22)2-1-3-17(15)23;1-2/h1-10,15-16H,11-14H2,(H2,27,28,29,30,31);1-7,12H,8-11H2,(H2,25,26,27,28,29);1-2H3/b26-16+;24-12+;. The first kappa shape index (κ1) is 46.2. The van der Waals surface area contributed by atoms with Crippen molar-refractivity contribution in [2.24, 2.45) is 10.2 Å². The molecule has 66 heavy (non-hydrogen) atoms. The van der Waals surface area contributed by atoms with Gasteiger partial charge >= 0.3 is 0 Å². The van der Waals surface area contributed by atoms with E-state index >= 15 is 0 Å². The van der Waals surface area contributed by atoms with Gasteiger partial charge < -0.3 is 29.9 Å². The van der Waals surface area contributed by atoms with E-state index < -0.39 is 11.6 Å². The van der Waals surface area contributed by atoms with Gasteiger partial charge in [0.25, 0.3) is 0 Å². The van der Waals surface area contributed by atoms with Crippen LogP contribution in [0.15, 0.2) is 119 Å². The molecule has 0 unspecified atom stereocenters. The number of hydrazone groups is 2. The molecule has 0 aliphatic carbocycles. The number of rotatable bonds is 12. The topological polar surface area (TPSA) is 175 Å². The number of nitrogens with zero attached hydrogens (tertiary/aromatic N) is 10. The van der Waals surface area contributed by atoms with Gasteiger partial charge in [-0.3, -0.25) is 0 Å². The van der Waals surface area contributed by atoms with Gasteiger partial charge in [-0.05, 0) is 83.1 Å². The van der Waals surface area contributed by atoms with E-state index in [-0.39, 0.29) is 29.1 Å². The van der Waals surface area contributed by atoms with Crippen LogP contribution in [0.25, 0.3) is 10.8 Å². The highest BCUT2D eigenvalue weighted by molar-refractivity contribution is 5.90. The number of aromatic nitrogens is 6. The highest BCUT2D eigenvalue weighted by atomic mass is 19.1. The zero-order valence-electron chi connectivity index (χ0n) is 36.0. The minimum Gasteiger partial charge on any atom is -0.378 e. The highest BCUT2D eigenvalue weighted by Gasteiger charge is 2.18. The Labute approximate surface area is 377 Å². The van der Waals surface area contributed by atoms with Crippen molar-refractivity contribution in [1.29, 1.82) is 0 Å². The van der Waals surface area contributed by atoms with Gasteiger partial charge in [-0.2, -0.15) is 40.1 Å². The molecule has 0 spiro atoms. The normalized spacial score (nSPS) is 13.7. The van der Waals surface area contributed by atoms with Gasteiger partial charge in [-0.1, -0.05) is 56.3 Å². The van der Waals surface area contributed by atoms with Crippen molar-refractivity contribution in [2.45, 2.75) is 13.8 Å². The zero-order valence-corrected chi connectivity index (χ0v) is 36.0. The molecule has 9 rings (SSSR count). The van der Waals surface area contributed by atoms with Crippen LogP contribution in [-0.2, 0) is 9.47 Å². The van der Waals surface area contributed by atoms with E-state index in [1.165, 1.54) is 35.7 Å². The second-order valence-electron chi connectivity index (χ2n) is 14.0. The summed E-state index contributed by atoms with van der Waals surface area (Å²) < 4.78 is 64.7.